The summed E-state index contributed by atoms with van der Waals surface area (Å²) in [5.74, 6) is 0. The zero-order chi connectivity index (χ0) is 11.5. The molecule has 0 aliphatic heterocycles. The van der Waals surface area contributed by atoms with E-state index in [4.69, 9.17) is 0 Å². The van der Waals surface area contributed by atoms with Crippen LogP contribution in [0.1, 0.15) is 29.8 Å². The predicted octanol–water partition coefficient (Wildman–Crippen LogP) is 0.204. The second kappa shape index (κ2) is 5.97. The zero-order valence-electron chi connectivity index (χ0n) is 10.5. The lowest BCUT2D eigenvalue weighted by atomic mass is 10.1. The molecule has 2 rings (SSSR count). The molecule has 0 aliphatic rings. The van der Waals surface area contributed by atoms with Gasteiger partial charge in [-0.2, -0.15) is 4.57 Å². The van der Waals surface area contributed by atoms with E-state index < -0.39 is 0 Å². The van der Waals surface area contributed by atoms with Crippen LogP contribution in [0.15, 0.2) is 48.7 Å². The molecular formula is C15H18BrN. The maximum atomic E-state index is 2.31. The standard InChI is InChI=1S/C15H18N.BrH/c1-12-9-10-16(13(2)11-12)14(3)15-7-5-4-6-8-15;/h4-11,14H,1-3H3;1H/q+1;/p-1. The van der Waals surface area contributed by atoms with Gasteiger partial charge in [-0.3, -0.25) is 0 Å². The summed E-state index contributed by atoms with van der Waals surface area (Å²) in [6.45, 7) is 6.52. The van der Waals surface area contributed by atoms with Gasteiger partial charge in [0, 0.05) is 31.5 Å². The highest BCUT2D eigenvalue weighted by Crippen LogP contribution is 2.12. The van der Waals surface area contributed by atoms with Gasteiger partial charge in [-0.15, -0.1) is 0 Å². The average molecular weight is 292 g/mol. The van der Waals surface area contributed by atoms with E-state index in [0.29, 0.717) is 6.04 Å². The van der Waals surface area contributed by atoms with Crippen LogP contribution in [0, 0.1) is 13.8 Å². The van der Waals surface area contributed by atoms with Crippen LogP contribution in [0.2, 0.25) is 0 Å². The van der Waals surface area contributed by atoms with Gasteiger partial charge in [0.15, 0.2) is 17.9 Å². The van der Waals surface area contributed by atoms with E-state index in [2.05, 4.69) is 74.0 Å². The molecular weight excluding hydrogens is 274 g/mol. The number of pyridine rings is 1. The maximum Gasteiger partial charge on any atom is 0.181 e. The molecule has 2 aromatic rings. The quantitative estimate of drug-likeness (QED) is 0.697. The fourth-order valence-corrected chi connectivity index (χ4v) is 2.09. The lowest BCUT2D eigenvalue weighted by Gasteiger charge is -2.09. The Hall–Kier alpha value is -1.15. The first-order valence-electron chi connectivity index (χ1n) is 5.72. The molecule has 0 bridgehead atoms. The summed E-state index contributed by atoms with van der Waals surface area (Å²) in [6.07, 6.45) is 2.17. The Morgan fingerprint density at radius 2 is 1.65 bits per heavy atom. The van der Waals surface area contributed by atoms with Gasteiger partial charge in [-0.25, -0.2) is 0 Å². The van der Waals surface area contributed by atoms with E-state index in [1.165, 1.54) is 16.8 Å². The minimum atomic E-state index is 0. The summed E-state index contributed by atoms with van der Waals surface area (Å²) in [7, 11) is 0. The molecule has 1 heterocycles. The number of hydrogen-bond acceptors (Lipinski definition) is 0. The first kappa shape index (κ1) is 13.9. The molecule has 0 saturated carbocycles. The molecule has 1 aromatic carbocycles. The van der Waals surface area contributed by atoms with Crippen LogP contribution in [0.3, 0.4) is 0 Å². The third-order valence-corrected chi connectivity index (χ3v) is 3.04. The fourth-order valence-electron chi connectivity index (χ4n) is 2.09. The Morgan fingerprint density at radius 1 is 1.00 bits per heavy atom. The van der Waals surface area contributed by atoms with Crippen LogP contribution in [0.4, 0.5) is 0 Å². The van der Waals surface area contributed by atoms with Crippen molar-refractivity contribution in [2.75, 3.05) is 0 Å². The Balaban J connectivity index is 0.00000144. The summed E-state index contributed by atoms with van der Waals surface area (Å²) in [5.41, 5.74) is 3.96. The van der Waals surface area contributed by atoms with Gasteiger partial charge < -0.3 is 17.0 Å². The topological polar surface area (TPSA) is 3.88 Å². The fraction of sp³-hybridized carbons (Fsp3) is 0.267. The van der Waals surface area contributed by atoms with Crippen molar-refractivity contribution in [1.29, 1.82) is 0 Å². The summed E-state index contributed by atoms with van der Waals surface area (Å²) in [5, 5.41) is 0. The molecule has 1 atom stereocenters. The Bertz CT molecular complexity index is 480. The van der Waals surface area contributed by atoms with E-state index in [-0.39, 0.29) is 17.0 Å². The molecule has 90 valence electrons. The van der Waals surface area contributed by atoms with Gasteiger partial charge in [0.1, 0.15) is 0 Å². The first-order valence-corrected chi connectivity index (χ1v) is 5.72. The van der Waals surface area contributed by atoms with Crippen molar-refractivity contribution < 1.29 is 21.5 Å². The van der Waals surface area contributed by atoms with Gasteiger partial charge in [-0.05, 0) is 12.5 Å². The Morgan fingerprint density at radius 3 is 2.24 bits per heavy atom. The van der Waals surface area contributed by atoms with Crippen molar-refractivity contribution in [3.8, 4) is 0 Å². The molecule has 0 aliphatic carbocycles. The average Bonchev–Trinajstić information content (AvgIpc) is 2.29. The SMILES string of the molecule is Cc1cc[n+](C(C)c2ccccc2)c(C)c1.[Br-]. The first-order chi connectivity index (χ1) is 7.68. The predicted molar refractivity (Wildman–Crippen MR) is 66.4 cm³/mol. The number of hydrogen-bond donors (Lipinski definition) is 0. The van der Waals surface area contributed by atoms with Crippen LogP contribution in [-0.2, 0) is 0 Å². The van der Waals surface area contributed by atoms with Crippen molar-refractivity contribution in [1.82, 2.24) is 0 Å². The zero-order valence-corrected chi connectivity index (χ0v) is 12.1. The molecule has 0 saturated heterocycles. The molecule has 17 heavy (non-hydrogen) atoms. The van der Waals surface area contributed by atoms with Gasteiger partial charge in [0.2, 0.25) is 0 Å². The molecule has 1 unspecified atom stereocenters. The van der Waals surface area contributed by atoms with Crippen LogP contribution < -0.4 is 21.5 Å². The van der Waals surface area contributed by atoms with Gasteiger partial charge in [0.05, 0.1) is 0 Å². The van der Waals surface area contributed by atoms with Crippen molar-refractivity contribution >= 4 is 0 Å². The molecule has 1 aromatic heterocycles. The Kier molecular flexibility index (Phi) is 4.88. The molecule has 0 fully saturated rings. The van der Waals surface area contributed by atoms with Crippen LogP contribution in [0.5, 0.6) is 0 Å². The lowest BCUT2D eigenvalue weighted by molar-refractivity contribution is -0.716. The molecule has 0 amide bonds. The highest BCUT2D eigenvalue weighted by molar-refractivity contribution is 5.17. The summed E-state index contributed by atoms with van der Waals surface area (Å²) in [4.78, 5) is 0. The van der Waals surface area contributed by atoms with E-state index in [9.17, 15) is 0 Å². The third-order valence-electron chi connectivity index (χ3n) is 3.04. The molecule has 0 radical (unpaired) electrons. The Labute approximate surface area is 114 Å². The molecule has 2 heteroatoms. The van der Waals surface area contributed by atoms with Gasteiger partial charge in [0.25, 0.3) is 0 Å². The second-order valence-electron chi connectivity index (χ2n) is 4.34. The second-order valence-corrected chi connectivity index (χ2v) is 4.34. The number of benzene rings is 1. The van der Waals surface area contributed by atoms with Crippen molar-refractivity contribution in [3.63, 3.8) is 0 Å². The van der Waals surface area contributed by atoms with Crippen LogP contribution >= 0.6 is 0 Å². The van der Waals surface area contributed by atoms with E-state index in [1.807, 2.05) is 0 Å². The molecule has 0 N–H and O–H groups in total. The number of aryl methyl sites for hydroxylation is 2. The number of nitrogens with zero attached hydrogens (tertiary/aromatic N) is 1. The third kappa shape index (κ3) is 3.16. The van der Waals surface area contributed by atoms with Crippen LogP contribution in [0.25, 0.3) is 0 Å². The number of halogens is 1. The van der Waals surface area contributed by atoms with Crippen LogP contribution in [-0.4, -0.2) is 0 Å². The summed E-state index contributed by atoms with van der Waals surface area (Å²) < 4.78 is 2.31. The number of aromatic nitrogens is 1. The maximum absolute atomic E-state index is 2.31. The van der Waals surface area contributed by atoms with Crippen molar-refractivity contribution in [2.24, 2.45) is 0 Å². The van der Waals surface area contributed by atoms with Gasteiger partial charge >= 0.3 is 0 Å². The minimum absolute atomic E-state index is 0. The highest BCUT2D eigenvalue weighted by atomic mass is 79.9. The monoisotopic (exact) mass is 291 g/mol. The molecule has 0 spiro atoms. The summed E-state index contributed by atoms with van der Waals surface area (Å²) >= 11 is 0. The van der Waals surface area contributed by atoms with E-state index in [0.717, 1.165) is 0 Å². The largest absolute Gasteiger partial charge is 1.00 e. The smallest absolute Gasteiger partial charge is 0.181 e. The number of rotatable bonds is 2. The van der Waals surface area contributed by atoms with Crippen molar-refractivity contribution in [2.45, 2.75) is 26.8 Å². The summed E-state index contributed by atoms with van der Waals surface area (Å²) in [6, 6.07) is 15.4. The highest BCUT2D eigenvalue weighted by Gasteiger charge is 2.16. The minimum Gasteiger partial charge on any atom is -1.00 e. The van der Waals surface area contributed by atoms with E-state index in [1.54, 1.807) is 0 Å². The molecule has 1 nitrogen and oxygen atoms in total. The van der Waals surface area contributed by atoms with E-state index >= 15 is 0 Å². The van der Waals surface area contributed by atoms with Gasteiger partial charge in [-0.1, -0.05) is 30.3 Å². The van der Waals surface area contributed by atoms with Crippen molar-refractivity contribution in [3.05, 3.63) is 65.5 Å². The normalized spacial score (nSPS) is 11.7. The lowest BCUT2D eigenvalue weighted by Crippen LogP contribution is -3.00.